The summed E-state index contributed by atoms with van der Waals surface area (Å²) in [5.41, 5.74) is 0. The zero-order valence-electron chi connectivity index (χ0n) is 5.14. The van der Waals surface area contributed by atoms with E-state index in [1.54, 1.807) is 0 Å². The van der Waals surface area contributed by atoms with Gasteiger partial charge in [0.05, 0.1) is 0 Å². The molecule has 0 aromatic carbocycles. The number of allylic oxidation sites excluding steroid dienone is 2. The van der Waals surface area contributed by atoms with E-state index in [4.69, 9.17) is 0 Å². The van der Waals surface area contributed by atoms with Crippen LogP contribution in [0.2, 0.25) is 0 Å². The molecule has 0 aliphatic carbocycles. The summed E-state index contributed by atoms with van der Waals surface area (Å²) in [4.78, 5) is 2.68. The van der Waals surface area contributed by atoms with Gasteiger partial charge in [0.2, 0.25) is 0 Å². The molecule has 0 aromatic rings. The molecular formula is C6H10S2. The summed E-state index contributed by atoms with van der Waals surface area (Å²) in [6.07, 6.45) is 1.17. The van der Waals surface area contributed by atoms with Crippen molar-refractivity contribution in [3.8, 4) is 0 Å². The first-order chi connectivity index (χ1) is 3.70. The molecule has 0 nitrogen and oxygen atoms in total. The van der Waals surface area contributed by atoms with Crippen LogP contribution in [0, 0.1) is 0 Å². The molecule has 0 saturated heterocycles. The first-order valence-corrected chi connectivity index (χ1v) is 4.08. The van der Waals surface area contributed by atoms with Crippen LogP contribution in [0.4, 0.5) is 0 Å². The molecule has 2 heteroatoms. The van der Waals surface area contributed by atoms with Crippen molar-refractivity contribution in [1.29, 1.82) is 0 Å². The normalized spacial score (nSPS) is 29.6. The Balaban J connectivity index is 2.60. The molecular weight excluding hydrogens is 136 g/mol. The van der Waals surface area contributed by atoms with Gasteiger partial charge in [-0.25, -0.2) is 0 Å². The fraction of sp³-hybridized carbons (Fsp3) is 0.667. The Labute approximate surface area is 60.1 Å². The van der Waals surface area contributed by atoms with Crippen molar-refractivity contribution in [3.63, 3.8) is 0 Å². The summed E-state index contributed by atoms with van der Waals surface area (Å²) < 4.78 is 0. The topological polar surface area (TPSA) is 0 Å². The highest BCUT2D eigenvalue weighted by Crippen LogP contribution is 2.38. The highest BCUT2D eigenvalue weighted by molar-refractivity contribution is 8.04. The molecule has 8 heavy (non-hydrogen) atoms. The molecule has 0 N–H and O–H groups in total. The molecule has 0 spiro atoms. The zero-order valence-corrected chi connectivity index (χ0v) is 6.85. The second-order valence-electron chi connectivity index (χ2n) is 2.14. The molecule has 0 bridgehead atoms. The fourth-order valence-electron chi connectivity index (χ4n) is 0.827. The van der Waals surface area contributed by atoms with Crippen molar-refractivity contribution in [1.82, 2.24) is 0 Å². The van der Waals surface area contributed by atoms with E-state index < -0.39 is 0 Å². The van der Waals surface area contributed by atoms with Crippen molar-refractivity contribution in [2.45, 2.75) is 25.5 Å². The van der Waals surface area contributed by atoms with Gasteiger partial charge in [0.15, 0.2) is 0 Å². The lowest BCUT2D eigenvalue weighted by Gasteiger charge is -1.95. The van der Waals surface area contributed by atoms with Crippen LogP contribution >= 0.6 is 24.4 Å². The molecule has 0 saturated carbocycles. The van der Waals surface area contributed by atoms with E-state index in [2.05, 4.69) is 26.5 Å². The van der Waals surface area contributed by atoms with Gasteiger partial charge >= 0.3 is 0 Å². The van der Waals surface area contributed by atoms with Gasteiger partial charge in [0.1, 0.15) is 0 Å². The van der Waals surface area contributed by atoms with Crippen molar-refractivity contribution in [3.05, 3.63) is 9.81 Å². The van der Waals surface area contributed by atoms with Crippen molar-refractivity contribution < 1.29 is 0 Å². The molecule has 1 aliphatic heterocycles. The van der Waals surface area contributed by atoms with Crippen LogP contribution in [-0.4, -0.2) is 5.25 Å². The van der Waals surface area contributed by atoms with E-state index in [-0.39, 0.29) is 0 Å². The summed E-state index contributed by atoms with van der Waals surface area (Å²) in [6.45, 7) is 4.37. The van der Waals surface area contributed by atoms with E-state index in [9.17, 15) is 0 Å². The SMILES string of the molecule is CC1=C(S)CC(C)S1. The van der Waals surface area contributed by atoms with Crippen LogP contribution in [-0.2, 0) is 0 Å². The van der Waals surface area contributed by atoms with Crippen molar-refractivity contribution >= 4 is 24.4 Å². The zero-order chi connectivity index (χ0) is 6.15. The molecule has 0 amide bonds. The molecule has 0 aromatic heterocycles. The molecule has 0 fully saturated rings. The number of hydrogen-bond donors (Lipinski definition) is 1. The Morgan fingerprint density at radius 2 is 2.38 bits per heavy atom. The largest absolute Gasteiger partial charge is 0.147 e. The third-order valence-corrected chi connectivity index (χ3v) is 3.10. The van der Waals surface area contributed by atoms with Crippen LogP contribution in [0.5, 0.6) is 0 Å². The summed E-state index contributed by atoms with van der Waals surface area (Å²) in [5, 5.41) is 0.766. The molecule has 1 atom stereocenters. The average molecular weight is 146 g/mol. The minimum absolute atomic E-state index is 0.766. The van der Waals surface area contributed by atoms with Gasteiger partial charge in [-0.3, -0.25) is 0 Å². The second-order valence-corrected chi connectivity index (χ2v) is 4.33. The van der Waals surface area contributed by atoms with Gasteiger partial charge in [0, 0.05) is 5.25 Å². The fourth-order valence-corrected chi connectivity index (χ4v) is 2.46. The quantitative estimate of drug-likeness (QED) is 0.513. The van der Waals surface area contributed by atoms with Crippen LogP contribution in [0.25, 0.3) is 0 Å². The van der Waals surface area contributed by atoms with E-state index in [0.717, 1.165) is 5.25 Å². The third-order valence-electron chi connectivity index (χ3n) is 1.27. The monoisotopic (exact) mass is 146 g/mol. The number of thiol groups is 1. The number of rotatable bonds is 0. The van der Waals surface area contributed by atoms with Crippen LogP contribution in [0.3, 0.4) is 0 Å². The Kier molecular flexibility index (Phi) is 1.93. The minimum atomic E-state index is 0.766. The molecule has 1 unspecified atom stereocenters. The summed E-state index contributed by atoms with van der Waals surface area (Å²) >= 11 is 6.24. The maximum atomic E-state index is 4.31. The average Bonchev–Trinajstić information content (AvgIpc) is 1.85. The van der Waals surface area contributed by atoms with Gasteiger partial charge in [-0.1, -0.05) is 6.92 Å². The van der Waals surface area contributed by atoms with Gasteiger partial charge in [-0.2, -0.15) is 0 Å². The third kappa shape index (κ3) is 1.23. The van der Waals surface area contributed by atoms with Crippen LogP contribution in [0.1, 0.15) is 20.3 Å². The van der Waals surface area contributed by atoms with Gasteiger partial charge in [0.25, 0.3) is 0 Å². The lowest BCUT2D eigenvalue weighted by molar-refractivity contribution is 0.992. The Morgan fingerprint density at radius 3 is 2.50 bits per heavy atom. The first kappa shape index (κ1) is 6.56. The lowest BCUT2D eigenvalue weighted by atomic mass is 10.3. The summed E-state index contributed by atoms with van der Waals surface area (Å²) in [7, 11) is 0. The Morgan fingerprint density at radius 1 is 1.75 bits per heavy atom. The van der Waals surface area contributed by atoms with Crippen LogP contribution < -0.4 is 0 Å². The molecule has 46 valence electrons. The van der Waals surface area contributed by atoms with Crippen molar-refractivity contribution in [2.24, 2.45) is 0 Å². The van der Waals surface area contributed by atoms with E-state index in [0.29, 0.717) is 0 Å². The Bertz CT molecular complexity index is 112. The summed E-state index contributed by atoms with van der Waals surface area (Å²) in [5.74, 6) is 0. The molecule has 1 rings (SSSR count). The van der Waals surface area contributed by atoms with E-state index in [1.165, 1.54) is 16.2 Å². The van der Waals surface area contributed by atoms with Crippen LogP contribution in [0.15, 0.2) is 9.81 Å². The second kappa shape index (κ2) is 2.36. The molecule has 1 aliphatic rings. The lowest BCUT2D eigenvalue weighted by Crippen LogP contribution is -1.85. The predicted molar refractivity (Wildman–Crippen MR) is 43.4 cm³/mol. The maximum Gasteiger partial charge on any atom is 0.0109 e. The highest BCUT2D eigenvalue weighted by Gasteiger charge is 2.14. The number of thioether (sulfide) groups is 1. The van der Waals surface area contributed by atoms with E-state index in [1.807, 2.05) is 11.8 Å². The number of hydrogen-bond acceptors (Lipinski definition) is 2. The minimum Gasteiger partial charge on any atom is -0.147 e. The van der Waals surface area contributed by atoms with Gasteiger partial charge in [-0.05, 0) is 23.2 Å². The smallest absolute Gasteiger partial charge is 0.0109 e. The standard InChI is InChI=1S/C6H10S2/c1-4-3-6(7)5(2)8-4/h4,7H,3H2,1-2H3. The highest BCUT2D eigenvalue weighted by atomic mass is 32.2. The van der Waals surface area contributed by atoms with Gasteiger partial charge < -0.3 is 0 Å². The first-order valence-electron chi connectivity index (χ1n) is 2.75. The molecule has 0 radical (unpaired) electrons. The maximum absolute atomic E-state index is 4.31. The van der Waals surface area contributed by atoms with E-state index >= 15 is 0 Å². The molecule has 1 heterocycles. The summed E-state index contributed by atoms with van der Waals surface area (Å²) in [6, 6.07) is 0. The van der Waals surface area contributed by atoms with Gasteiger partial charge in [-0.15, -0.1) is 24.4 Å². The van der Waals surface area contributed by atoms with Crippen molar-refractivity contribution in [2.75, 3.05) is 0 Å². The predicted octanol–water partition coefficient (Wildman–Crippen LogP) is 2.67. The Hall–Kier alpha value is 0.440.